The molecule has 0 spiro atoms. The summed E-state index contributed by atoms with van der Waals surface area (Å²) >= 11 is 0. The van der Waals surface area contributed by atoms with Crippen LogP contribution in [-0.2, 0) is 6.54 Å². The Balaban J connectivity index is 0.000000376. The first kappa shape index (κ1) is 22.2. The third-order valence-electron chi connectivity index (χ3n) is 5.31. The van der Waals surface area contributed by atoms with Crippen molar-refractivity contribution in [2.45, 2.75) is 38.3 Å². The van der Waals surface area contributed by atoms with Crippen LogP contribution >= 0.6 is 0 Å². The fraction of sp³-hybridized carbons (Fsp3) is 0.250. The van der Waals surface area contributed by atoms with Crippen molar-refractivity contribution >= 4 is 39.9 Å². The lowest BCUT2D eigenvalue weighted by molar-refractivity contribution is 0.183. The average molecular weight is 445 g/mol. The van der Waals surface area contributed by atoms with Crippen molar-refractivity contribution in [2.75, 3.05) is 22.1 Å². The summed E-state index contributed by atoms with van der Waals surface area (Å²) in [5.74, 6) is 1.82. The smallest absolute Gasteiger partial charge is 0.171 e. The second-order valence-electron chi connectivity index (χ2n) is 7.91. The Kier molecular flexibility index (Phi) is 7.11. The molecule has 33 heavy (non-hydrogen) atoms. The van der Waals surface area contributed by atoms with Crippen LogP contribution in [0, 0.1) is 0 Å². The van der Waals surface area contributed by atoms with Gasteiger partial charge in [0.15, 0.2) is 17.5 Å². The minimum absolute atomic E-state index is 0.0463. The molecule has 1 aromatic carbocycles. The first-order chi connectivity index (χ1) is 16.1. The number of nitrogens with zero attached hydrogens (tertiary/aromatic N) is 4. The number of fused-ring (bicyclic) bond motifs is 1. The maximum absolute atomic E-state index is 8.73. The molecule has 3 heterocycles. The van der Waals surface area contributed by atoms with Gasteiger partial charge in [0.2, 0.25) is 0 Å². The van der Waals surface area contributed by atoms with Gasteiger partial charge in [-0.1, -0.05) is 25.0 Å². The van der Waals surface area contributed by atoms with E-state index in [0.29, 0.717) is 29.8 Å². The minimum Gasteiger partial charge on any atom is -0.393 e. The Hall–Kier alpha value is -3.98. The lowest BCUT2D eigenvalue weighted by Crippen LogP contribution is -2.08. The second-order valence-corrected chi connectivity index (χ2v) is 7.91. The quantitative estimate of drug-likeness (QED) is 0.309. The van der Waals surface area contributed by atoms with Crippen LogP contribution in [0.3, 0.4) is 0 Å². The van der Waals surface area contributed by atoms with Crippen LogP contribution in [0.5, 0.6) is 0 Å². The molecule has 9 nitrogen and oxygen atoms in total. The van der Waals surface area contributed by atoms with Gasteiger partial charge >= 0.3 is 0 Å². The summed E-state index contributed by atoms with van der Waals surface area (Å²) in [6.07, 6.45) is 9.58. The van der Waals surface area contributed by atoms with Gasteiger partial charge in [-0.3, -0.25) is 4.98 Å². The molecule has 4 aromatic rings. The predicted octanol–water partition coefficient (Wildman–Crippen LogP) is 3.86. The number of aliphatic hydroxyl groups is 1. The Morgan fingerprint density at radius 2 is 1.82 bits per heavy atom. The summed E-state index contributed by atoms with van der Waals surface area (Å²) in [4.78, 5) is 17.0. The molecule has 0 unspecified atom stereocenters. The molecule has 1 aliphatic carbocycles. The van der Waals surface area contributed by atoms with E-state index in [9.17, 15) is 0 Å². The first-order valence-corrected chi connectivity index (χ1v) is 10.9. The SMILES string of the molecule is Nc1cc(Nc2cnc(N)c(NCc3ccc4ncccc4c3)n2)ccn1.OC1CCCC1. The summed E-state index contributed by atoms with van der Waals surface area (Å²) in [6.45, 7) is 0.565. The first-order valence-electron chi connectivity index (χ1n) is 10.9. The molecule has 0 bridgehead atoms. The number of rotatable bonds is 5. The molecular formula is C24H28N8O. The van der Waals surface area contributed by atoms with Crippen molar-refractivity contribution in [3.8, 4) is 0 Å². The van der Waals surface area contributed by atoms with Gasteiger partial charge in [0.1, 0.15) is 5.82 Å². The second kappa shape index (κ2) is 10.6. The number of hydrogen-bond acceptors (Lipinski definition) is 9. The number of nitrogens with one attached hydrogen (secondary N) is 2. The van der Waals surface area contributed by atoms with Crippen molar-refractivity contribution in [3.63, 3.8) is 0 Å². The zero-order valence-corrected chi connectivity index (χ0v) is 18.3. The molecule has 0 aliphatic heterocycles. The van der Waals surface area contributed by atoms with Crippen LogP contribution < -0.4 is 22.1 Å². The molecule has 1 aliphatic rings. The molecule has 9 heteroatoms. The lowest BCUT2D eigenvalue weighted by atomic mass is 10.1. The van der Waals surface area contributed by atoms with Crippen molar-refractivity contribution in [1.82, 2.24) is 19.9 Å². The van der Waals surface area contributed by atoms with E-state index in [2.05, 4.69) is 36.6 Å². The number of nitrogen functional groups attached to an aromatic ring is 2. The number of aliphatic hydroxyl groups excluding tert-OH is 1. The Morgan fingerprint density at radius 3 is 2.58 bits per heavy atom. The predicted molar refractivity (Wildman–Crippen MR) is 132 cm³/mol. The van der Waals surface area contributed by atoms with E-state index in [-0.39, 0.29) is 6.10 Å². The molecule has 1 saturated carbocycles. The summed E-state index contributed by atoms with van der Waals surface area (Å²) in [7, 11) is 0. The number of nitrogens with two attached hydrogens (primary N) is 2. The Bertz CT molecular complexity index is 1210. The highest BCUT2D eigenvalue weighted by Crippen LogP contribution is 2.21. The van der Waals surface area contributed by atoms with E-state index in [0.717, 1.165) is 35.0 Å². The van der Waals surface area contributed by atoms with Crippen LogP contribution in [0.4, 0.5) is 29.0 Å². The highest BCUT2D eigenvalue weighted by Gasteiger charge is 2.09. The van der Waals surface area contributed by atoms with Gasteiger partial charge in [-0.2, -0.15) is 0 Å². The third kappa shape index (κ3) is 6.27. The summed E-state index contributed by atoms with van der Waals surface area (Å²) < 4.78 is 0. The van der Waals surface area contributed by atoms with E-state index in [1.165, 1.54) is 12.8 Å². The molecule has 0 saturated heterocycles. The fourth-order valence-corrected chi connectivity index (χ4v) is 3.59. The largest absolute Gasteiger partial charge is 0.393 e. The number of hydrogen-bond donors (Lipinski definition) is 5. The zero-order chi connectivity index (χ0) is 23.0. The van der Waals surface area contributed by atoms with Crippen molar-refractivity contribution in [1.29, 1.82) is 0 Å². The van der Waals surface area contributed by atoms with Crippen LogP contribution in [-0.4, -0.2) is 31.1 Å². The number of pyridine rings is 2. The molecule has 5 rings (SSSR count). The van der Waals surface area contributed by atoms with Crippen molar-refractivity contribution < 1.29 is 5.11 Å². The highest BCUT2D eigenvalue weighted by atomic mass is 16.3. The van der Waals surface area contributed by atoms with Gasteiger partial charge in [0, 0.05) is 36.1 Å². The van der Waals surface area contributed by atoms with Gasteiger partial charge in [-0.15, -0.1) is 0 Å². The van der Waals surface area contributed by atoms with Crippen LogP contribution in [0.2, 0.25) is 0 Å². The van der Waals surface area contributed by atoms with Crippen LogP contribution in [0.1, 0.15) is 31.2 Å². The summed E-state index contributed by atoms with van der Waals surface area (Å²) in [5, 5.41) is 16.2. The summed E-state index contributed by atoms with van der Waals surface area (Å²) in [5.41, 5.74) is 14.5. The Morgan fingerprint density at radius 1 is 0.970 bits per heavy atom. The van der Waals surface area contributed by atoms with Gasteiger partial charge in [0.25, 0.3) is 0 Å². The number of anilines is 5. The summed E-state index contributed by atoms with van der Waals surface area (Å²) in [6, 6.07) is 13.6. The van der Waals surface area contributed by atoms with E-state index in [1.54, 1.807) is 30.7 Å². The number of aromatic nitrogens is 4. The molecule has 170 valence electrons. The molecular weight excluding hydrogens is 416 g/mol. The molecule has 1 fully saturated rings. The van der Waals surface area contributed by atoms with Gasteiger partial charge in [-0.05, 0) is 42.7 Å². The third-order valence-corrected chi connectivity index (χ3v) is 5.31. The van der Waals surface area contributed by atoms with Gasteiger partial charge in [-0.25, -0.2) is 15.0 Å². The highest BCUT2D eigenvalue weighted by molar-refractivity contribution is 5.79. The number of benzene rings is 1. The van der Waals surface area contributed by atoms with E-state index >= 15 is 0 Å². The standard InChI is InChI=1S/C19H18N8.C5H10O/c20-16-9-14(5-7-23-16)26-17-11-24-18(21)19(27-17)25-10-12-3-4-15-13(8-12)2-1-6-22-15;6-5-3-1-2-4-5/h1-9,11H,10H2,(H2,21,24)(H4,20,23,25,26,27);5-6H,1-4H2. The van der Waals surface area contributed by atoms with Crippen molar-refractivity contribution in [3.05, 3.63) is 66.6 Å². The normalized spacial score (nSPS) is 13.4. The Labute approximate surface area is 192 Å². The topological polar surface area (TPSA) is 148 Å². The monoisotopic (exact) mass is 444 g/mol. The molecule has 7 N–H and O–H groups in total. The molecule has 0 amide bonds. The van der Waals surface area contributed by atoms with Crippen LogP contribution in [0.25, 0.3) is 10.9 Å². The van der Waals surface area contributed by atoms with Crippen LogP contribution in [0.15, 0.2) is 61.1 Å². The average Bonchev–Trinajstić information content (AvgIpc) is 3.30. The minimum atomic E-state index is 0.0463. The van der Waals surface area contributed by atoms with Gasteiger partial charge < -0.3 is 27.2 Å². The molecule has 0 atom stereocenters. The van der Waals surface area contributed by atoms with E-state index < -0.39 is 0 Å². The molecule has 3 aromatic heterocycles. The van der Waals surface area contributed by atoms with E-state index in [4.69, 9.17) is 16.6 Å². The van der Waals surface area contributed by atoms with Crippen molar-refractivity contribution in [2.24, 2.45) is 0 Å². The fourth-order valence-electron chi connectivity index (χ4n) is 3.59. The van der Waals surface area contributed by atoms with E-state index in [1.807, 2.05) is 24.3 Å². The zero-order valence-electron chi connectivity index (χ0n) is 18.3. The lowest BCUT2D eigenvalue weighted by Gasteiger charge is -2.11. The van der Waals surface area contributed by atoms with Gasteiger partial charge in [0.05, 0.1) is 17.8 Å². The maximum atomic E-state index is 8.73. The maximum Gasteiger partial charge on any atom is 0.171 e. The molecule has 0 radical (unpaired) electrons.